The van der Waals surface area contributed by atoms with E-state index in [1.54, 1.807) is 67.6 Å². The van der Waals surface area contributed by atoms with Crippen molar-refractivity contribution >= 4 is 95.7 Å². The summed E-state index contributed by atoms with van der Waals surface area (Å²) < 4.78 is 424. The molecule has 0 bridgehead atoms. The van der Waals surface area contributed by atoms with Crippen LogP contribution < -0.4 is 31.3 Å². The molecule has 0 N–H and O–H groups in total. The van der Waals surface area contributed by atoms with E-state index in [1.165, 1.54) is 43.3 Å². The molecule has 15 rings (SSSR count). The second-order valence-electron chi connectivity index (χ2n) is 33.4. The van der Waals surface area contributed by atoms with Crippen molar-refractivity contribution in [2.75, 3.05) is 6.26 Å². The van der Waals surface area contributed by atoms with Gasteiger partial charge in [0.1, 0.15) is 102 Å². The van der Waals surface area contributed by atoms with Crippen molar-refractivity contribution < 1.29 is 126 Å². The van der Waals surface area contributed by atoms with E-state index in [9.17, 15) is 119 Å². The van der Waals surface area contributed by atoms with Crippen LogP contribution in [0.25, 0.3) is 62.5 Å². The molecule has 2 unspecified atom stereocenters. The summed E-state index contributed by atoms with van der Waals surface area (Å²) in [5.74, 6) is -3.80. The van der Waals surface area contributed by atoms with Crippen molar-refractivity contribution in [1.82, 2.24) is 0 Å². The normalized spacial score (nSPS) is 15.4. The van der Waals surface area contributed by atoms with Crippen molar-refractivity contribution in [3.8, 4) is 36.4 Å². The number of sulfone groups is 2. The van der Waals surface area contributed by atoms with Crippen LogP contribution in [0.3, 0.4) is 0 Å². The Morgan fingerprint density at radius 3 is 0.764 bits per heavy atom. The summed E-state index contributed by atoms with van der Waals surface area (Å²) in [7, 11) is -33.5. The molecule has 6 aliphatic rings. The standard InChI is InChI=1S/C34H18F6N4O4S2.C34H21F3N4O4S2.C32H15F13N4S2/c1-17-4-6-18(7-5-17)28-25(32(43-2)44-3)13-23-26(16-49(45)46)29-24(31(30(23)28)50(47,48)34(38,39)40)12-22(20(14-41)15-42)27(29)19-8-10-21(11-9-19)33(35,36)37;1-18-5-7-19(8-6-18)29-26(33(40-2)41-3)14-24-27(17-46(42)43)30-25(32(31(24)29)47(4,44)45)13-23(21(15-38)16-39)28(30)20-9-11-22(12-10-20)34(35,36)37;1-16-4-6-17(7-5-16)26-24(31(48-2)49-3)13-23-28(26)29(50(36,37,38,39)40)22-12-21(19(14-46)15-47)25(27(22)30(23)51(41,42,43,44)45)18-8-10-20(11-9-18)32(33,34)35/h4-11H,12-13,16H2,1H3,(H,45,46);5-12H,13-14,17H2,1,4H3,(H,42,43);4-11H,12-13H2,1H3/p-2. The third-order valence-corrected chi connectivity index (χ3v) is 30.6. The van der Waals surface area contributed by atoms with Crippen LogP contribution in [0.15, 0.2) is 233 Å². The zero-order valence-corrected chi connectivity index (χ0v) is 79.8. The Bertz CT molecular complexity index is 8980. The van der Waals surface area contributed by atoms with E-state index in [1.807, 2.05) is 6.92 Å². The number of alkyl halides is 12. The smallest absolute Gasteiger partial charge is 0.523 e. The van der Waals surface area contributed by atoms with Crippen LogP contribution >= 0.6 is 20.4 Å². The molecule has 148 heavy (non-hydrogen) atoms. The van der Waals surface area contributed by atoms with Crippen molar-refractivity contribution in [3.05, 3.63) is 424 Å². The highest BCUT2D eigenvalue weighted by Crippen LogP contribution is 3.04. The fourth-order valence-electron chi connectivity index (χ4n) is 18.7. The Hall–Kier alpha value is -16.2. The summed E-state index contributed by atoms with van der Waals surface area (Å²) in [5, 5.41) is 53.4. The van der Waals surface area contributed by atoms with E-state index < -0.39 is 254 Å². The quantitative estimate of drug-likeness (QED) is 0.0423. The predicted molar refractivity (Wildman–Crippen MR) is 492 cm³/mol. The first-order valence-corrected chi connectivity index (χ1v) is 51.1. The molecule has 0 spiro atoms. The number of nitriles is 6. The Balaban J connectivity index is 0.000000185. The summed E-state index contributed by atoms with van der Waals surface area (Å²) in [5.41, 5.74) is -21.3. The van der Waals surface area contributed by atoms with Crippen LogP contribution in [0.2, 0.25) is 0 Å². The molecular formula is C100H52F22N12O8S6-2. The third-order valence-electron chi connectivity index (χ3n) is 24.4. The molecule has 0 saturated heterocycles. The Morgan fingerprint density at radius 2 is 0.541 bits per heavy atom. The van der Waals surface area contributed by atoms with Gasteiger partial charge in [-0.3, -0.25) is 8.42 Å². The molecule has 2 atom stereocenters. The molecule has 752 valence electrons. The topological polar surface area (TPSA) is 317 Å². The lowest BCUT2D eigenvalue weighted by atomic mass is 9.93. The number of hydrogen-bond donors (Lipinski definition) is 0. The molecule has 48 heteroatoms. The number of allylic oxidation sites excluding steroid dienone is 9. The predicted octanol–water partition coefficient (Wildman–Crippen LogP) is 21.5. The molecule has 0 aromatic heterocycles. The van der Waals surface area contributed by atoms with Crippen LogP contribution in [0.4, 0.5) is 91.5 Å². The summed E-state index contributed by atoms with van der Waals surface area (Å²) in [6.45, 7) is 50.3. The van der Waals surface area contributed by atoms with E-state index in [4.69, 9.17) is 39.4 Å². The minimum absolute atomic E-state index is 0.0342. The summed E-state index contributed by atoms with van der Waals surface area (Å²) >= 11 is -5.80. The highest BCUT2D eigenvalue weighted by molar-refractivity contribution is 8.46. The van der Waals surface area contributed by atoms with Gasteiger partial charge in [0.15, 0.2) is 9.84 Å². The molecular weight excluding hydrogens is 2110 g/mol. The second-order valence-corrected chi connectivity index (χ2v) is 43.7. The van der Waals surface area contributed by atoms with E-state index >= 15 is 38.9 Å². The van der Waals surface area contributed by atoms with Gasteiger partial charge < -0.3 is 9.11 Å². The number of rotatable bonds is 14. The molecule has 0 fully saturated rings. The average molecular weight is 2160 g/mol. The average Bonchev–Trinajstić information content (AvgIpc) is 1.45. The molecule has 0 aliphatic heterocycles. The minimum atomic E-state index is -11.5. The van der Waals surface area contributed by atoms with Gasteiger partial charge in [-0.05, 0) is 215 Å². The van der Waals surface area contributed by atoms with Crippen molar-refractivity contribution in [2.45, 2.75) is 114 Å². The van der Waals surface area contributed by atoms with Crippen molar-refractivity contribution in [1.29, 1.82) is 31.6 Å². The van der Waals surface area contributed by atoms with Crippen LogP contribution in [0, 0.1) is 128 Å². The SMILES string of the molecule is [C-]#[N+]C([N+]#[C-])=C1Cc2c(CS(=O)[O-])c3c(c(S(=O)(=O)C(F)(F)F)c2=C1c1ccc(C)cc1)CC(=C(C#N)C#N)C=3c1ccc(C(F)(F)F)cc1.[C-]#[N+]C([N+]#[C-])=C1Cc2c(CS(=O)[O-])c3c(c(S(C)(=O)=O)c2=C1c1ccc(C)cc1)CC(=C(C#N)C#N)C=3c1ccc(C(F)(F)F)cc1.[C-]#[N+]C([N+]#[C-])=C1Cc2c(S(F)(F)(F)(F)F)c3c(c(S(F)(F)(F)(F)F)c2=C1c1ccc(C)cc1)CC(=C(C#N)C#N)C=3c1ccc(C(F)(F)F)cc1. The highest BCUT2D eigenvalue weighted by atomic mass is 32.5. The first-order chi connectivity index (χ1) is 68.5. The molecule has 0 amide bonds. The van der Waals surface area contributed by atoms with E-state index in [0.717, 1.165) is 60.4 Å². The van der Waals surface area contributed by atoms with Crippen LogP contribution in [-0.4, -0.2) is 46.1 Å². The molecule has 0 heterocycles. The summed E-state index contributed by atoms with van der Waals surface area (Å²) in [4.78, 5) is 11.0. The maximum Gasteiger partial charge on any atom is 0.523 e. The first kappa shape index (κ1) is 109. The first-order valence-electron chi connectivity index (χ1n) is 41.3. The van der Waals surface area contributed by atoms with Gasteiger partial charge in [-0.1, -0.05) is 187 Å². The fraction of sp³-hybridized carbons (Fsp3) is 0.160. The van der Waals surface area contributed by atoms with Gasteiger partial charge in [-0.2, -0.15) is 113 Å². The van der Waals surface area contributed by atoms with E-state index in [2.05, 4.69) is 29.1 Å². The van der Waals surface area contributed by atoms with Crippen LogP contribution in [0.1, 0.15) is 111 Å². The molecule has 9 aromatic carbocycles. The maximum absolute atomic E-state index is 15.4. The van der Waals surface area contributed by atoms with Gasteiger partial charge in [0.05, 0.1) is 43.2 Å². The van der Waals surface area contributed by atoms with Crippen LogP contribution in [0.5, 0.6) is 0 Å². The largest absolute Gasteiger partial charge is 0.772 e. The number of aryl methyl sites for hydroxylation is 3. The number of benzene rings is 9. The van der Waals surface area contributed by atoms with Gasteiger partial charge in [-0.25, -0.2) is 16.8 Å². The number of hydrogen-bond acceptors (Lipinski definition) is 14. The highest BCUT2D eigenvalue weighted by Gasteiger charge is 2.73. The molecule has 9 aromatic rings. The Labute approximate surface area is 829 Å². The molecule has 0 saturated carbocycles. The van der Waals surface area contributed by atoms with Crippen LogP contribution in [-0.2, 0) is 110 Å². The molecule has 0 radical (unpaired) electrons. The van der Waals surface area contributed by atoms with Crippen molar-refractivity contribution in [3.63, 3.8) is 0 Å². The number of halogens is 22. The number of fused-ring (bicyclic) bond motifs is 6. The minimum Gasteiger partial charge on any atom is -0.772 e. The summed E-state index contributed by atoms with van der Waals surface area (Å²) in [6.07, 6.45) is -19.1. The monoisotopic (exact) mass is 2160 g/mol. The molecule has 6 aliphatic carbocycles. The van der Waals surface area contributed by atoms with Gasteiger partial charge in [0.25, 0.3) is 9.84 Å². The summed E-state index contributed by atoms with van der Waals surface area (Å²) in [6, 6.07) is 34.4. The van der Waals surface area contributed by atoms with Gasteiger partial charge in [0, 0.05) is 57.9 Å². The van der Waals surface area contributed by atoms with Gasteiger partial charge in [-0.15, -0.1) is 0 Å². The van der Waals surface area contributed by atoms with Gasteiger partial charge >= 0.3 is 61.9 Å². The Kier molecular flexibility index (Phi) is 27.3. The van der Waals surface area contributed by atoms with E-state index in [0.29, 0.717) is 41.0 Å². The third kappa shape index (κ3) is 20.2. The maximum atomic E-state index is 15.4. The second kappa shape index (κ2) is 37.1. The molecule has 20 nitrogen and oxygen atoms in total. The lowest BCUT2D eigenvalue weighted by Crippen LogP contribution is -2.36. The lowest BCUT2D eigenvalue weighted by Gasteiger charge is -2.45. The number of nitrogens with zero attached hydrogens (tertiary/aromatic N) is 12. The lowest BCUT2D eigenvalue weighted by molar-refractivity contribution is -0.138. The zero-order chi connectivity index (χ0) is 110. The zero-order valence-electron chi connectivity index (χ0n) is 74.9. The van der Waals surface area contributed by atoms with Gasteiger partial charge in [0.2, 0.25) is 0 Å². The fourth-order valence-corrected chi connectivity index (χ4v) is 24.8. The van der Waals surface area contributed by atoms with E-state index in [-0.39, 0.29) is 135 Å². The Morgan fingerprint density at radius 1 is 0.331 bits per heavy atom. The van der Waals surface area contributed by atoms with Crippen molar-refractivity contribution in [2.24, 2.45) is 0 Å².